The van der Waals surface area contributed by atoms with Gasteiger partial charge in [-0.1, -0.05) is 30.3 Å². The lowest BCUT2D eigenvalue weighted by molar-refractivity contribution is 0.104. The van der Waals surface area contributed by atoms with Crippen LogP contribution in [0.3, 0.4) is 0 Å². The summed E-state index contributed by atoms with van der Waals surface area (Å²) < 4.78 is 16.4. The molecular weight excluding hydrogens is 328 g/mol. The van der Waals surface area contributed by atoms with Crippen LogP contribution in [0, 0.1) is 0 Å². The second-order valence-corrected chi connectivity index (χ2v) is 5.90. The highest BCUT2D eigenvalue weighted by Gasteiger charge is 2.15. The summed E-state index contributed by atoms with van der Waals surface area (Å²) in [4.78, 5) is 12.6. The van der Waals surface area contributed by atoms with Gasteiger partial charge in [0, 0.05) is 11.1 Å². The van der Waals surface area contributed by atoms with Crippen LogP contribution in [0.15, 0.2) is 60.7 Å². The third-order valence-corrected chi connectivity index (χ3v) is 4.29. The van der Waals surface area contributed by atoms with E-state index in [0.717, 1.165) is 22.1 Å². The number of allylic oxidation sites excluding steroid dienone is 1. The third kappa shape index (κ3) is 3.02. The van der Waals surface area contributed by atoms with E-state index in [0.29, 0.717) is 23.7 Å². The largest absolute Gasteiger partial charge is 0.493 e. The molecule has 0 saturated carbocycles. The van der Waals surface area contributed by atoms with Gasteiger partial charge >= 0.3 is 0 Å². The number of hydrogen-bond acceptors (Lipinski definition) is 4. The zero-order valence-corrected chi connectivity index (χ0v) is 14.4. The molecule has 4 heteroatoms. The van der Waals surface area contributed by atoms with Crippen molar-refractivity contribution in [2.45, 2.75) is 6.92 Å². The predicted octanol–water partition coefficient (Wildman–Crippen LogP) is 4.86. The van der Waals surface area contributed by atoms with Crippen molar-refractivity contribution in [3.8, 4) is 17.2 Å². The second-order valence-electron chi connectivity index (χ2n) is 5.90. The second kappa shape index (κ2) is 6.92. The van der Waals surface area contributed by atoms with Crippen LogP contribution in [0.2, 0.25) is 0 Å². The van der Waals surface area contributed by atoms with Crippen LogP contribution in [-0.2, 0) is 0 Å². The van der Waals surface area contributed by atoms with Gasteiger partial charge in [0.05, 0.1) is 6.61 Å². The standard InChI is InChI=1S/C22H18O4/c1-2-24-20-11-7-15-5-3-4-6-17(15)18(20)9-10-19(23)16-8-12-21-22(13-16)26-14-25-21/h3-13H,2,14H2,1H3/b10-9+. The number of benzene rings is 3. The summed E-state index contributed by atoms with van der Waals surface area (Å²) >= 11 is 0. The lowest BCUT2D eigenvalue weighted by Gasteiger charge is -2.10. The Balaban J connectivity index is 1.69. The van der Waals surface area contributed by atoms with E-state index in [4.69, 9.17) is 14.2 Å². The van der Waals surface area contributed by atoms with Gasteiger partial charge in [-0.25, -0.2) is 0 Å². The normalized spacial score (nSPS) is 12.7. The molecule has 130 valence electrons. The molecular formula is C22H18O4. The first-order valence-electron chi connectivity index (χ1n) is 8.53. The zero-order valence-electron chi connectivity index (χ0n) is 14.4. The first-order valence-corrected chi connectivity index (χ1v) is 8.53. The maximum absolute atomic E-state index is 12.6. The fraction of sp³-hybridized carbons (Fsp3) is 0.136. The summed E-state index contributed by atoms with van der Waals surface area (Å²) in [7, 11) is 0. The Morgan fingerprint density at radius 3 is 2.81 bits per heavy atom. The number of ether oxygens (including phenoxy) is 3. The molecule has 0 aliphatic carbocycles. The van der Waals surface area contributed by atoms with Gasteiger partial charge in [-0.05, 0) is 54.1 Å². The average molecular weight is 346 g/mol. The Morgan fingerprint density at radius 2 is 1.92 bits per heavy atom. The number of rotatable bonds is 5. The molecule has 0 atom stereocenters. The topological polar surface area (TPSA) is 44.8 Å². The molecule has 0 bridgehead atoms. The number of carbonyl (C=O) groups excluding carboxylic acids is 1. The van der Waals surface area contributed by atoms with Crippen molar-refractivity contribution in [1.82, 2.24) is 0 Å². The van der Waals surface area contributed by atoms with E-state index in [1.807, 2.05) is 49.4 Å². The van der Waals surface area contributed by atoms with Crippen LogP contribution in [0.4, 0.5) is 0 Å². The molecule has 0 aromatic heterocycles. The van der Waals surface area contributed by atoms with Gasteiger partial charge in [0.15, 0.2) is 17.3 Å². The molecule has 1 heterocycles. The fourth-order valence-electron chi connectivity index (χ4n) is 3.03. The molecule has 4 nitrogen and oxygen atoms in total. The van der Waals surface area contributed by atoms with E-state index in [1.54, 1.807) is 24.3 Å². The fourth-order valence-corrected chi connectivity index (χ4v) is 3.03. The van der Waals surface area contributed by atoms with Crippen LogP contribution in [0.25, 0.3) is 16.8 Å². The summed E-state index contributed by atoms with van der Waals surface area (Å²) in [6, 6.07) is 17.2. The summed E-state index contributed by atoms with van der Waals surface area (Å²) in [5.41, 5.74) is 1.46. The molecule has 26 heavy (non-hydrogen) atoms. The van der Waals surface area contributed by atoms with Crippen molar-refractivity contribution in [2.75, 3.05) is 13.4 Å². The number of ketones is 1. The van der Waals surface area contributed by atoms with Crippen molar-refractivity contribution in [3.05, 3.63) is 71.8 Å². The minimum absolute atomic E-state index is 0.0984. The van der Waals surface area contributed by atoms with E-state index >= 15 is 0 Å². The SMILES string of the molecule is CCOc1ccc2ccccc2c1/C=C/C(=O)c1ccc2c(c1)OCO2. The quantitative estimate of drug-likeness (QED) is 0.489. The van der Waals surface area contributed by atoms with E-state index in [-0.39, 0.29) is 12.6 Å². The lowest BCUT2D eigenvalue weighted by Crippen LogP contribution is -1.97. The van der Waals surface area contributed by atoms with Crippen LogP contribution < -0.4 is 14.2 Å². The molecule has 1 aliphatic rings. The molecule has 4 rings (SSSR count). The molecule has 3 aromatic carbocycles. The average Bonchev–Trinajstić information content (AvgIpc) is 3.14. The Bertz CT molecular complexity index is 1000. The highest BCUT2D eigenvalue weighted by molar-refractivity contribution is 6.08. The van der Waals surface area contributed by atoms with Gasteiger partial charge in [0.2, 0.25) is 6.79 Å². The first-order chi connectivity index (χ1) is 12.8. The molecule has 0 saturated heterocycles. The number of hydrogen-bond donors (Lipinski definition) is 0. The Morgan fingerprint density at radius 1 is 1.08 bits per heavy atom. The van der Waals surface area contributed by atoms with Gasteiger partial charge in [0.25, 0.3) is 0 Å². The van der Waals surface area contributed by atoms with Crippen LogP contribution in [-0.4, -0.2) is 19.2 Å². The summed E-state index contributed by atoms with van der Waals surface area (Å²) in [6.07, 6.45) is 3.39. The predicted molar refractivity (Wildman–Crippen MR) is 101 cm³/mol. The van der Waals surface area contributed by atoms with Crippen LogP contribution >= 0.6 is 0 Å². The maximum Gasteiger partial charge on any atom is 0.231 e. The van der Waals surface area contributed by atoms with Gasteiger partial charge < -0.3 is 14.2 Å². The smallest absolute Gasteiger partial charge is 0.231 e. The van der Waals surface area contributed by atoms with Crippen LogP contribution in [0.1, 0.15) is 22.8 Å². The minimum Gasteiger partial charge on any atom is -0.493 e. The molecule has 0 radical (unpaired) electrons. The van der Waals surface area contributed by atoms with E-state index in [1.165, 1.54) is 0 Å². The monoisotopic (exact) mass is 346 g/mol. The van der Waals surface area contributed by atoms with Crippen molar-refractivity contribution in [1.29, 1.82) is 0 Å². The van der Waals surface area contributed by atoms with Gasteiger partial charge in [-0.2, -0.15) is 0 Å². The minimum atomic E-state index is -0.0984. The Labute approximate surface area is 151 Å². The molecule has 1 aliphatic heterocycles. The molecule has 0 unspecified atom stereocenters. The summed E-state index contributed by atoms with van der Waals surface area (Å²) in [6.45, 7) is 2.70. The van der Waals surface area contributed by atoms with E-state index in [2.05, 4.69) is 0 Å². The number of fused-ring (bicyclic) bond motifs is 2. The summed E-state index contributed by atoms with van der Waals surface area (Å²) in [5.74, 6) is 1.93. The molecule has 0 fully saturated rings. The van der Waals surface area contributed by atoms with E-state index in [9.17, 15) is 4.79 Å². The van der Waals surface area contributed by atoms with Crippen molar-refractivity contribution < 1.29 is 19.0 Å². The van der Waals surface area contributed by atoms with Crippen LogP contribution in [0.5, 0.6) is 17.2 Å². The van der Waals surface area contributed by atoms with Gasteiger partial charge in [0.1, 0.15) is 5.75 Å². The van der Waals surface area contributed by atoms with Crippen molar-refractivity contribution in [3.63, 3.8) is 0 Å². The van der Waals surface area contributed by atoms with Crippen molar-refractivity contribution >= 4 is 22.6 Å². The molecule has 0 N–H and O–H groups in total. The van der Waals surface area contributed by atoms with Gasteiger partial charge in [-0.15, -0.1) is 0 Å². The third-order valence-electron chi connectivity index (χ3n) is 4.29. The Kier molecular flexibility index (Phi) is 4.32. The molecule has 0 amide bonds. The summed E-state index contributed by atoms with van der Waals surface area (Å²) in [5, 5.41) is 2.15. The van der Waals surface area contributed by atoms with Gasteiger partial charge in [-0.3, -0.25) is 4.79 Å². The highest BCUT2D eigenvalue weighted by Crippen LogP contribution is 2.33. The zero-order chi connectivity index (χ0) is 17.9. The Hall–Kier alpha value is -3.27. The van der Waals surface area contributed by atoms with E-state index < -0.39 is 0 Å². The maximum atomic E-state index is 12.6. The lowest BCUT2D eigenvalue weighted by atomic mass is 10.0. The molecule has 3 aromatic rings. The molecule has 0 spiro atoms. The number of carbonyl (C=O) groups is 1. The van der Waals surface area contributed by atoms with Crippen molar-refractivity contribution in [2.24, 2.45) is 0 Å². The first kappa shape index (κ1) is 16.2. The highest BCUT2D eigenvalue weighted by atomic mass is 16.7.